The Morgan fingerprint density at radius 2 is 2.00 bits per heavy atom. The Morgan fingerprint density at radius 3 is 2.62 bits per heavy atom. The highest BCUT2D eigenvalue weighted by Crippen LogP contribution is 2.38. The number of likely N-dealkylation sites (tertiary alicyclic amines) is 1. The van der Waals surface area contributed by atoms with E-state index in [2.05, 4.69) is 17.2 Å². The van der Waals surface area contributed by atoms with Gasteiger partial charge in [-0.25, -0.2) is 4.98 Å². The summed E-state index contributed by atoms with van der Waals surface area (Å²) in [7, 11) is 1.62. The van der Waals surface area contributed by atoms with Gasteiger partial charge in [-0.1, -0.05) is 31.5 Å². The number of methoxy groups -OCH3 is 1. The summed E-state index contributed by atoms with van der Waals surface area (Å²) >= 11 is 0. The molecule has 0 spiro atoms. The van der Waals surface area contributed by atoms with Gasteiger partial charge in [0.15, 0.2) is 0 Å². The van der Waals surface area contributed by atoms with Crippen molar-refractivity contribution in [1.82, 2.24) is 9.88 Å². The topological polar surface area (TPSA) is 71.5 Å². The van der Waals surface area contributed by atoms with Crippen LogP contribution in [0.4, 0.5) is 5.82 Å². The number of unbranched alkanes of at least 4 members (excludes halogenated alkanes) is 1. The van der Waals surface area contributed by atoms with Crippen LogP contribution in [0.3, 0.4) is 0 Å². The van der Waals surface area contributed by atoms with Crippen LogP contribution >= 0.6 is 0 Å². The summed E-state index contributed by atoms with van der Waals surface area (Å²) in [6.07, 6.45) is 4.54. The Morgan fingerprint density at radius 1 is 1.24 bits per heavy atom. The summed E-state index contributed by atoms with van der Waals surface area (Å²) in [6.45, 7) is 4.71. The summed E-state index contributed by atoms with van der Waals surface area (Å²) in [5, 5.41) is 2.94. The summed E-state index contributed by atoms with van der Waals surface area (Å²) in [4.78, 5) is 32.1. The van der Waals surface area contributed by atoms with Crippen molar-refractivity contribution >= 4 is 17.6 Å². The van der Waals surface area contributed by atoms with Crippen molar-refractivity contribution in [3.8, 4) is 5.75 Å². The van der Waals surface area contributed by atoms with E-state index >= 15 is 0 Å². The van der Waals surface area contributed by atoms with Crippen LogP contribution in [0.5, 0.6) is 5.75 Å². The highest BCUT2D eigenvalue weighted by Gasteiger charge is 2.40. The van der Waals surface area contributed by atoms with E-state index in [1.165, 1.54) is 0 Å². The number of amides is 2. The average molecular weight is 396 g/mol. The van der Waals surface area contributed by atoms with Crippen LogP contribution < -0.4 is 10.1 Å². The van der Waals surface area contributed by atoms with Gasteiger partial charge in [0.05, 0.1) is 19.1 Å². The molecule has 1 fully saturated rings. The molecular weight excluding hydrogens is 366 g/mol. The van der Waals surface area contributed by atoms with Gasteiger partial charge in [0.2, 0.25) is 11.8 Å². The van der Waals surface area contributed by atoms with Crippen molar-refractivity contribution in [3.63, 3.8) is 0 Å². The van der Waals surface area contributed by atoms with Crippen LogP contribution in [0.25, 0.3) is 0 Å². The number of ether oxygens (including phenoxy) is 1. The zero-order valence-electron chi connectivity index (χ0n) is 17.4. The van der Waals surface area contributed by atoms with E-state index in [0.29, 0.717) is 25.2 Å². The van der Waals surface area contributed by atoms with E-state index < -0.39 is 0 Å². The summed E-state index contributed by atoms with van der Waals surface area (Å²) < 4.78 is 5.26. The Hall–Kier alpha value is -2.89. The van der Waals surface area contributed by atoms with E-state index in [4.69, 9.17) is 4.74 Å². The number of nitrogens with zero attached hydrogens (tertiary/aromatic N) is 2. The van der Waals surface area contributed by atoms with Crippen LogP contribution in [-0.4, -0.2) is 35.4 Å². The second-order valence-electron chi connectivity index (χ2n) is 7.51. The lowest BCUT2D eigenvalue weighted by molar-refractivity contribution is -0.142. The SMILES string of the molecule is CCCCN1C(=O)CC[C@H](C(=O)Nc2ccc(C)cn2)[C@H]1c1ccc(OC)cc1. The second kappa shape index (κ2) is 9.54. The first-order valence-electron chi connectivity index (χ1n) is 10.2. The summed E-state index contributed by atoms with van der Waals surface area (Å²) in [5.74, 6) is 0.959. The molecule has 1 aromatic heterocycles. The number of anilines is 1. The first-order chi connectivity index (χ1) is 14.0. The molecular formula is C23H29N3O3. The van der Waals surface area contributed by atoms with E-state index in [9.17, 15) is 9.59 Å². The molecule has 0 radical (unpaired) electrons. The van der Waals surface area contributed by atoms with Crippen LogP contribution in [0.2, 0.25) is 0 Å². The first kappa shape index (κ1) is 20.8. The Kier molecular flexibility index (Phi) is 6.86. The average Bonchev–Trinajstić information content (AvgIpc) is 2.74. The number of carbonyl (C=O) groups is 2. The lowest BCUT2D eigenvalue weighted by atomic mass is 9.83. The zero-order valence-corrected chi connectivity index (χ0v) is 17.4. The van der Waals surface area contributed by atoms with Gasteiger partial charge in [-0.15, -0.1) is 0 Å². The summed E-state index contributed by atoms with van der Waals surface area (Å²) in [6, 6.07) is 11.1. The quantitative estimate of drug-likeness (QED) is 0.766. The molecule has 6 heteroatoms. The van der Waals surface area contributed by atoms with Crippen molar-refractivity contribution in [2.24, 2.45) is 5.92 Å². The number of carbonyl (C=O) groups excluding carboxylic acids is 2. The number of nitrogens with one attached hydrogen (secondary N) is 1. The van der Waals surface area contributed by atoms with Crippen molar-refractivity contribution in [2.45, 2.75) is 45.6 Å². The fourth-order valence-corrected chi connectivity index (χ4v) is 3.79. The van der Waals surface area contributed by atoms with E-state index in [-0.39, 0.29) is 23.8 Å². The Bertz CT molecular complexity index is 833. The molecule has 1 aliphatic rings. The van der Waals surface area contributed by atoms with Gasteiger partial charge in [-0.05, 0) is 49.1 Å². The van der Waals surface area contributed by atoms with Crippen molar-refractivity contribution < 1.29 is 14.3 Å². The standard InChI is InChI=1S/C23H29N3O3/c1-4-5-14-26-21(27)13-11-19(22(26)17-7-9-18(29-3)10-8-17)23(28)25-20-12-6-16(2)15-24-20/h6-10,12,15,19,22H,4-5,11,13-14H2,1-3H3,(H,24,25,28)/t19-,22+/m0/s1. The second-order valence-corrected chi connectivity index (χ2v) is 7.51. The third-order valence-corrected chi connectivity index (χ3v) is 5.42. The van der Waals surface area contributed by atoms with Gasteiger partial charge in [-0.2, -0.15) is 0 Å². The number of pyridine rings is 1. The molecule has 0 aliphatic carbocycles. The summed E-state index contributed by atoms with van der Waals surface area (Å²) in [5.41, 5.74) is 1.99. The molecule has 1 aliphatic heterocycles. The molecule has 1 N–H and O–H groups in total. The monoisotopic (exact) mass is 395 g/mol. The smallest absolute Gasteiger partial charge is 0.231 e. The molecule has 154 valence electrons. The van der Waals surface area contributed by atoms with Gasteiger partial charge >= 0.3 is 0 Å². The molecule has 2 amide bonds. The fraction of sp³-hybridized carbons (Fsp3) is 0.435. The van der Waals surface area contributed by atoms with Crippen molar-refractivity contribution in [3.05, 3.63) is 53.7 Å². The lowest BCUT2D eigenvalue weighted by Crippen LogP contribution is -2.47. The number of aryl methyl sites for hydroxylation is 1. The molecule has 2 aromatic rings. The minimum atomic E-state index is -0.332. The highest BCUT2D eigenvalue weighted by atomic mass is 16.5. The third-order valence-electron chi connectivity index (χ3n) is 5.42. The maximum absolute atomic E-state index is 13.2. The van der Waals surface area contributed by atoms with Crippen molar-refractivity contribution in [1.29, 1.82) is 0 Å². The molecule has 6 nitrogen and oxygen atoms in total. The van der Waals surface area contributed by atoms with Gasteiger partial charge in [0, 0.05) is 19.2 Å². The van der Waals surface area contributed by atoms with E-state index in [1.54, 1.807) is 19.4 Å². The van der Waals surface area contributed by atoms with Gasteiger partial charge in [-0.3, -0.25) is 9.59 Å². The maximum Gasteiger partial charge on any atom is 0.231 e. The largest absolute Gasteiger partial charge is 0.497 e. The Balaban J connectivity index is 1.89. The van der Waals surface area contributed by atoms with Gasteiger partial charge in [0.1, 0.15) is 11.6 Å². The minimum Gasteiger partial charge on any atom is -0.497 e. The molecule has 29 heavy (non-hydrogen) atoms. The fourth-order valence-electron chi connectivity index (χ4n) is 3.79. The van der Waals surface area contributed by atoms with Crippen LogP contribution in [0, 0.1) is 12.8 Å². The normalized spacial score (nSPS) is 19.1. The molecule has 1 saturated heterocycles. The van der Waals surface area contributed by atoms with Gasteiger partial charge in [0.25, 0.3) is 0 Å². The molecule has 0 bridgehead atoms. The molecule has 2 atom stereocenters. The highest BCUT2D eigenvalue weighted by molar-refractivity contribution is 5.94. The van der Waals surface area contributed by atoms with Crippen LogP contribution in [0.15, 0.2) is 42.6 Å². The predicted molar refractivity (Wildman–Crippen MR) is 113 cm³/mol. The predicted octanol–water partition coefficient (Wildman–Crippen LogP) is 4.12. The molecule has 2 heterocycles. The van der Waals surface area contributed by atoms with E-state index in [0.717, 1.165) is 29.7 Å². The number of hydrogen-bond donors (Lipinski definition) is 1. The van der Waals surface area contributed by atoms with Crippen LogP contribution in [-0.2, 0) is 9.59 Å². The number of aromatic nitrogens is 1. The number of rotatable bonds is 7. The first-order valence-corrected chi connectivity index (χ1v) is 10.2. The Labute approximate surface area is 172 Å². The molecule has 0 unspecified atom stereocenters. The van der Waals surface area contributed by atoms with Crippen molar-refractivity contribution in [2.75, 3.05) is 19.0 Å². The molecule has 1 aromatic carbocycles. The van der Waals surface area contributed by atoms with E-state index in [1.807, 2.05) is 42.2 Å². The van der Waals surface area contributed by atoms with Gasteiger partial charge < -0.3 is 15.0 Å². The number of hydrogen-bond acceptors (Lipinski definition) is 4. The maximum atomic E-state index is 13.2. The molecule has 3 rings (SSSR count). The lowest BCUT2D eigenvalue weighted by Gasteiger charge is -2.41. The molecule has 0 saturated carbocycles. The number of benzene rings is 1. The third kappa shape index (κ3) is 4.94. The number of piperidine rings is 1. The minimum absolute atomic E-state index is 0.101. The zero-order chi connectivity index (χ0) is 20.8. The van der Waals surface area contributed by atoms with Crippen LogP contribution in [0.1, 0.15) is 49.8 Å².